The van der Waals surface area contributed by atoms with Crippen LogP contribution in [0.3, 0.4) is 0 Å². The van der Waals surface area contributed by atoms with Gasteiger partial charge in [-0.15, -0.1) is 0 Å². The summed E-state index contributed by atoms with van der Waals surface area (Å²) in [5.74, 6) is -0.661. The fourth-order valence-electron chi connectivity index (χ4n) is 1.78. The zero-order valence-electron chi connectivity index (χ0n) is 8.62. The lowest BCUT2D eigenvalue weighted by molar-refractivity contribution is 0.0791. The van der Waals surface area contributed by atoms with E-state index in [1.165, 1.54) is 18.2 Å². The second-order valence-corrected chi connectivity index (χ2v) is 4.34. The van der Waals surface area contributed by atoms with Gasteiger partial charge in [-0.05, 0) is 24.6 Å². The van der Waals surface area contributed by atoms with Gasteiger partial charge in [0.1, 0.15) is 5.82 Å². The maximum absolute atomic E-state index is 12.9. The molecule has 2 N–H and O–H groups in total. The van der Waals surface area contributed by atoms with Gasteiger partial charge in [0.15, 0.2) is 0 Å². The van der Waals surface area contributed by atoms with Crippen LogP contribution in [0.5, 0.6) is 0 Å². The maximum Gasteiger partial charge on any atom is 0.253 e. The van der Waals surface area contributed by atoms with Gasteiger partial charge in [0.25, 0.3) is 5.91 Å². The molecule has 1 aromatic rings. The third kappa shape index (κ3) is 2.18. The molecule has 5 heteroatoms. The van der Waals surface area contributed by atoms with Crippen LogP contribution in [0.25, 0.3) is 0 Å². The van der Waals surface area contributed by atoms with E-state index in [1.54, 1.807) is 4.90 Å². The van der Waals surface area contributed by atoms with Crippen LogP contribution in [0.2, 0.25) is 5.02 Å². The molecule has 1 fully saturated rings. The highest BCUT2D eigenvalue weighted by Crippen LogP contribution is 2.18. The fourth-order valence-corrected chi connectivity index (χ4v) is 1.96. The molecule has 0 unspecified atom stereocenters. The normalized spacial score (nSPS) is 20.2. The molecule has 0 saturated carbocycles. The minimum atomic E-state index is -0.517. The molecular weight excluding hydrogens is 231 g/mol. The smallest absolute Gasteiger partial charge is 0.253 e. The first-order chi connectivity index (χ1) is 7.58. The summed E-state index contributed by atoms with van der Waals surface area (Å²) in [6.07, 6.45) is 0.806. The van der Waals surface area contributed by atoms with E-state index in [0.717, 1.165) is 6.42 Å². The monoisotopic (exact) mass is 242 g/mol. The lowest BCUT2D eigenvalue weighted by atomic mass is 10.2. The summed E-state index contributed by atoms with van der Waals surface area (Å²) in [4.78, 5) is 13.6. The van der Waals surface area contributed by atoms with Crippen LogP contribution in [0, 0.1) is 5.82 Å². The lowest BCUT2D eigenvalue weighted by Gasteiger charge is -2.15. The van der Waals surface area contributed by atoms with Crippen LogP contribution in [0.15, 0.2) is 18.2 Å². The van der Waals surface area contributed by atoms with Gasteiger partial charge in [-0.2, -0.15) is 0 Å². The van der Waals surface area contributed by atoms with E-state index >= 15 is 0 Å². The Hall–Kier alpha value is -1.13. The Morgan fingerprint density at radius 3 is 2.88 bits per heavy atom. The number of carbonyl (C=O) groups excluding carboxylic acids is 1. The Balaban J connectivity index is 2.18. The number of hydrogen-bond donors (Lipinski definition) is 1. The van der Waals surface area contributed by atoms with Crippen molar-refractivity contribution in [3.63, 3.8) is 0 Å². The molecule has 1 heterocycles. The van der Waals surface area contributed by atoms with Gasteiger partial charge in [0.05, 0.1) is 5.02 Å². The average molecular weight is 243 g/mol. The highest BCUT2D eigenvalue weighted by atomic mass is 35.5. The zero-order chi connectivity index (χ0) is 11.7. The molecular formula is C11H12ClFN2O. The Morgan fingerprint density at radius 2 is 2.31 bits per heavy atom. The summed E-state index contributed by atoms with van der Waals surface area (Å²) in [5.41, 5.74) is 6.12. The summed E-state index contributed by atoms with van der Waals surface area (Å²) in [6.45, 7) is 1.20. The molecule has 2 rings (SSSR count). The van der Waals surface area contributed by atoms with Crippen LogP contribution >= 0.6 is 11.6 Å². The Bertz CT molecular complexity index is 424. The number of likely N-dealkylation sites (tertiary alicyclic amines) is 1. The number of amides is 1. The number of hydrogen-bond acceptors (Lipinski definition) is 2. The Kier molecular flexibility index (Phi) is 3.12. The Labute approximate surface area is 98.0 Å². The molecule has 0 aliphatic carbocycles. The van der Waals surface area contributed by atoms with Crippen molar-refractivity contribution in [2.75, 3.05) is 13.1 Å². The fraction of sp³-hybridized carbons (Fsp3) is 0.364. The first-order valence-corrected chi connectivity index (χ1v) is 5.45. The van der Waals surface area contributed by atoms with Crippen molar-refractivity contribution in [3.05, 3.63) is 34.6 Å². The first-order valence-electron chi connectivity index (χ1n) is 5.08. The minimum Gasteiger partial charge on any atom is -0.337 e. The Morgan fingerprint density at radius 1 is 1.56 bits per heavy atom. The van der Waals surface area contributed by atoms with E-state index in [9.17, 15) is 9.18 Å². The van der Waals surface area contributed by atoms with Crippen LogP contribution in [0.1, 0.15) is 16.8 Å². The average Bonchev–Trinajstić information content (AvgIpc) is 2.68. The van der Waals surface area contributed by atoms with E-state index in [0.29, 0.717) is 18.7 Å². The molecule has 1 amide bonds. The predicted octanol–water partition coefficient (Wildman–Crippen LogP) is 1.65. The molecule has 1 aromatic carbocycles. The summed E-state index contributed by atoms with van der Waals surface area (Å²) in [6, 6.07) is 4.03. The van der Waals surface area contributed by atoms with Crippen molar-refractivity contribution in [1.29, 1.82) is 0 Å². The van der Waals surface area contributed by atoms with E-state index < -0.39 is 5.82 Å². The molecule has 16 heavy (non-hydrogen) atoms. The van der Waals surface area contributed by atoms with Crippen LogP contribution < -0.4 is 5.73 Å². The van der Waals surface area contributed by atoms with Crippen molar-refractivity contribution in [2.24, 2.45) is 5.73 Å². The topological polar surface area (TPSA) is 46.3 Å². The van der Waals surface area contributed by atoms with Gasteiger partial charge in [0.2, 0.25) is 0 Å². The molecule has 0 spiro atoms. The van der Waals surface area contributed by atoms with Gasteiger partial charge in [-0.25, -0.2) is 4.39 Å². The van der Waals surface area contributed by atoms with Gasteiger partial charge in [0, 0.05) is 24.7 Å². The van der Waals surface area contributed by atoms with Gasteiger partial charge < -0.3 is 10.6 Å². The minimum absolute atomic E-state index is 0.0330. The van der Waals surface area contributed by atoms with E-state index in [2.05, 4.69) is 0 Å². The second kappa shape index (κ2) is 4.39. The molecule has 3 nitrogen and oxygen atoms in total. The van der Waals surface area contributed by atoms with Crippen LogP contribution in [0.4, 0.5) is 4.39 Å². The third-order valence-corrected chi connectivity index (χ3v) is 2.97. The van der Waals surface area contributed by atoms with Gasteiger partial charge in [-0.1, -0.05) is 11.6 Å². The molecule has 1 saturated heterocycles. The van der Waals surface area contributed by atoms with Crippen molar-refractivity contribution in [2.45, 2.75) is 12.5 Å². The molecule has 0 bridgehead atoms. The summed E-state index contributed by atoms with van der Waals surface area (Å²) < 4.78 is 12.9. The maximum atomic E-state index is 12.9. The van der Waals surface area contributed by atoms with E-state index in [-0.39, 0.29) is 17.0 Å². The number of rotatable bonds is 1. The summed E-state index contributed by atoms with van der Waals surface area (Å²) in [5, 5.41) is -0.0330. The lowest BCUT2D eigenvalue weighted by Crippen LogP contribution is -2.31. The van der Waals surface area contributed by atoms with E-state index in [4.69, 9.17) is 17.3 Å². The largest absolute Gasteiger partial charge is 0.337 e. The molecule has 1 aliphatic rings. The quantitative estimate of drug-likeness (QED) is 0.814. The number of nitrogens with zero attached hydrogens (tertiary/aromatic N) is 1. The summed E-state index contributed by atoms with van der Waals surface area (Å²) in [7, 11) is 0. The van der Waals surface area contributed by atoms with Crippen LogP contribution in [-0.2, 0) is 0 Å². The van der Waals surface area contributed by atoms with Crippen molar-refractivity contribution >= 4 is 17.5 Å². The third-order valence-electron chi connectivity index (χ3n) is 2.68. The standard InChI is InChI=1S/C11H12ClFN2O/c12-9-5-7(1-2-10(9)13)11(16)15-4-3-8(14)6-15/h1-2,5,8H,3-4,6,14H2/t8-/m0/s1. The number of benzene rings is 1. The zero-order valence-corrected chi connectivity index (χ0v) is 9.38. The highest BCUT2D eigenvalue weighted by Gasteiger charge is 2.24. The van der Waals surface area contributed by atoms with E-state index in [1.807, 2.05) is 0 Å². The van der Waals surface area contributed by atoms with Crippen molar-refractivity contribution in [3.8, 4) is 0 Å². The second-order valence-electron chi connectivity index (χ2n) is 3.93. The predicted molar refractivity (Wildman–Crippen MR) is 59.9 cm³/mol. The highest BCUT2D eigenvalue weighted by molar-refractivity contribution is 6.31. The number of halogens is 2. The molecule has 1 aliphatic heterocycles. The number of carbonyl (C=O) groups is 1. The van der Waals surface area contributed by atoms with Gasteiger partial charge >= 0.3 is 0 Å². The first kappa shape index (κ1) is 11.4. The summed E-state index contributed by atoms with van der Waals surface area (Å²) >= 11 is 5.62. The molecule has 1 atom stereocenters. The number of nitrogens with two attached hydrogens (primary N) is 1. The van der Waals surface area contributed by atoms with Gasteiger partial charge in [-0.3, -0.25) is 4.79 Å². The molecule has 86 valence electrons. The molecule has 0 radical (unpaired) electrons. The van der Waals surface area contributed by atoms with Crippen LogP contribution in [-0.4, -0.2) is 29.9 Å². The van der Waals surface area contributed by atoms with Crippen molar-refractivity contribution in [1.82, 2.24) is 4.90 Å². The SMILES string of the molecule is N[C@H]1CCN(C(=O)c2ccc(F)c(Cl)c2)C1. The van der Waals surface area contributed by atoms with Crippen molar-refractivity contribution < 1.29 is 9.18 Å². The molecule has 0 aromatic heterocycles.